The molecule has 0 aromatic heterocycles. The van der Waals surface area contributed by atoms with Crippen molar-refractivity contribution in [3.05, 3.63) is 77.2 Å². The molecule has 2 fully saturated rings. The molecule has 3 atom stereocenters. The van der Waals surface area contributed by atoms with Crippen LogP contribution in [-0.2, 0) is 4.79 Å². The number of rotatable bonds is 8. The number of carbonyl (C=O) groups excluding carboxylic acids is 1. The number of nitrogens with zero attached hydrogens (tertiary/aromatic N) is 1. The molecule has 1 saturated heterocycles. The first-order valence-electron chi connectivity index (χ1n) is 13.3. The second-order valence-corrected chi connectivity index (χ2v) is 11.1. The fraction of sp³-hybridized carbons (Fsp3) is 0.387. The number of amides is 1. The maximum absolute atomic E-state index is 13.9. The largest absolute Gasteiger partial charge is 0.493 e. The van der Waals surface area contributed by atoms with E-state index in [1.54, 1.807) is 11.8 Å². The van der Waals surface area contributed by atoms with Gasteiger partial charge in [0.15, 0.2) is 5.50 Å². The number of hydrogen-bond donors (Lipinski definition) is 1. The van der Waals surface area contributed by atoms with Crippen molar-refractivity contribution in [2.45, 2.75) is 63.9 Å². The second kappa shape index (κ2) is 11.4. The summed E-state index contributed by atoms with van der Waals surface area (Å²) in [4.78, 5) is 16.8. The number of ether oxygens (including phenoxy) is 1. The van der Waals surface area contributed by atoms with Crippen molar-refractivity contribution in [3.63, 3.8) is 0 Å². The molecule has 1 amide bonds. The van der Waals surface area contributed by atoms with Gasteiger partial charge in [0.2, 0.25) is 0 Å². The van der Waals surface area contributed by atoms with E-state index in [0.29, 0.717) is 5.92 Å². The average Bonchev–Trinajstić information content (AvgIpc) is 3.20. The van der Waals surface area contributed by atoms with Crippen LogP contribution in [-0.4, -0.2) is 29.0 Å². The Bertz CT molecular complexity index is 1230. The number of fused-ring (bicyclic) bond motifs is 1. The quantitative estimate of drug-likeness (QED) is 0.252. The molecule has 4 nitrogen and oxygen atoms in total. The van der Waals surface area contributed by atoms with Crippen molar-refractivity contribution in [2.75, 3.05) is 11.9 Å². The van der Waals surface area contributed by atoms with Gasteiger partial charge in [-0.2, -0.15) is 0 Å². The molecular weight excluding hydrogens is 464 g/mol. The summed E-state index contributed by atoms with van der Waals surface area (Å²) in [7, 11) is 0. The SMILES string of the molecule is CCCCOc1ccc(/C=C2\SC(Nc3ccccc3)N([C@H]3CCCC[C@H]3C)C2=O)c2ccccc12. The van der Waals surface area contributed by atoms with E-state index in [2.05, 4.69) is 72.6 Å². The molecule has 1 aliphatic carbocycles. The molecule has 2 aliphatic rings. The van der Waals surface area contributed by atoms with E-state index in [4.69, 9.17) is 4.74 Å². The smallest absolute Gasteiger partial charge is 0.262 e. The van der Waals surface area contributed by atoms with Gasteiger partial charge in [-0.3, -0.25) is 4.79 Å². The second-order valence-electron chi connectivity index (χ2n) is 9.93. The summed E-state index contributed by atoms with van der Waals surface area (Å²) in [6.45, 7) is 5.19. The highest BCUT2D eigenvalue weighted by Gasteiger charge is 2.42. The standard InChI is InChI=1S/C31H36N2O2S/c1-3-4-20-35-28-19-18-23(25-15-9-10-16-26(25)28)21-29-30(34)33(27-17-11-8-12-22(27)2)31(36-29)32-24-13-6-5-7-14-24/h5-7,9-10,13-16,18-19,21-22,27,31-32H,3-4,8,11-12,17,20H2,1-2H3/b29-21-/t22-,27+,31?/m1/s1. The summed E-state index contributed by atoms with van der Waals surface area (Å²) in [6.07, 6.45) is 8.92. The zero-order valence-electron chi connectivity index (χ0n) is 21.3. The highest BCUT2D eigenvalue weighted by atomic mass is 32.2. The molecule has 1 aliphatic heterocycles. The summed E-state index contributed by atoms with van der Waals surface area (Å²) in [5, 5.41) is 5.85. The molecule has 0 radical (unpaired) electrons. The van der Waals surface area contributed by atoms with Crippen molar-refractivity contribution < 1.29 is 9.53 Å². The predicted octanol–water partition coefficient (Wildman–Crippen LogP) is 7.91. The van der Waals surface area contributed by atoms with Gasteiger partial charge in [-0.25, -0.2) is 0 Å². The fourth-order valence-corrected chi connectivity index (χ4v) is 6.58. The van der Waals surface area contributed by atoms with Gasteiger partial charge >= 0.3 is 0 Å². The van der Waals surface area contributed by atoms with Gasteiger partial charge in [0.1, 0.15) is 5.75 Å². The topological polar surface area (TPSA) is 41.6 Å². The minimum absolute atomic E-state index is 0.111. The first kappa shape index (κ1) is 24.8. The lowest BCUT2D eigenvalue weighted by atomic mass is 9.85. The molecule has 36 heavy (non-hydrogen) atoms. The maximum atomic E-state index is 13.9. The zero-order valence-corrected chi connectivity index (χ0v) is 22.1. The van der Waals surface area contributed by atoms with Crippen molar-refractivity contribution in [1.29, 1.82) is 0 Å². The van der Waals surface area contributed by atoms with Gasteiger partial charge in [0.25, 0.3) is 5.91 Å². The molecule has 1 unspecified atom stereocenters. The summed E-state index contributed by atoms with van der Waals surface area (Å²) in [6, 6.07) is 23.0. The van der Waals surface area contributed by atoms with E-state index in [1.807, 2.05) is 24.3 Å². The van der Waals surface area contributed by atoms with E-state index in [0.717, 1.165) is 58.5 Å². The Morgan fingerprint density at radius 2 is 1.75 bits per heavy atom. The number of benzene rings is 3. The molecule has 1 heterocycles. The van der Waals surface area contributed by atoms with Gasteiger partial charge in [-0.05, 0) is 60.4 Å². The number of nitrogens with one attached hydrogen (secondary N) is 1. The van der Waals surface area contributed by atoms with Crippen molar-refractivity contribution in [3.8, 4) is 5.75 Å². The van der Waals surface area contributed by atoms with Crippen LogP contribution < -0.4 is 10.1 Å². The fourth-order valence-electron chi connectivity index (χ4n) is 5.38. The van der Waals surface area contributed by atoms with Crippen LogP contribution in [0.3, 0.4) is 0 Å². The van der Waals surface area contributed by atoms with Gasteiger partial charge in [0, 0.05) is 17.1 Å². The number of para-hydroxylation sites is 1. The Morgan fingerprint density at radius 1 is 1.00 bits per heavy atom. The Hall–Kier alpha value is -2.92. The predicted molar refractivity (Wildman–Crippen MR) is 152 cm³/mol. The Morgan fingerprint density at radius 3 is 2.53 bits per heavy atom. The van der Waals surface area contributed by atoms with Crippen LogP contribution in [0.2, 0.25) is 0 Å². The molecule has 5 heteroatoms. The first-order valence-corrected chi connectivity index (χ1v) is 14.2. The number of anilines is 1. The Balaban J connectivity index is 1.48. The van der Waals surface area contributed by atoms with E-state index in [9.17, 15) is 4.79 Å². The summed E-state index contributed by atoms with van der Waals surface area (Å²) >= 11 is 1.64. The highest BCUT2D eigenvalue weighted by molar-refractivity contribution is 8.05. The molecule has 3 aromatic rings. The van der Waals surface area contributed by atoms with E-state index in [1.165, 1.54) is 19.3 Å². The molecule has 3 aromatic carbocycles. The third kappa shape index (κ3) is 5.27. The normalized spacial score (nSPS) is 23.4. The van der Waals surface area contributed by atoms with Crippen molar-refractivity contribution >= 4 is 40.2 Å². The van der Waals surface area contributed by atoms with Crippen molar-refractivity contribution in [2.24, 2.45) is 5.92 Å². The molecule has 5 rings (SSSR count). The Kier molecular flexibility index (Phi) is 7.86. The van der Waals surface area contributed by atoms with E-state index in [-0.39, 0.29) is 17.4 Å². The molecular formula is C31H36N2O2S. The third-order valence-corrected chi connectivity index (χ3v) is 8.50. The van der Waals surface area contributed by atoms with Gasteiger partial charge < -0.3 is 15.0 Å². The van der Waals surface area contributed by atoms with Crippen LogP contribution >= 0.6 is 11.8 Å². The minimum Gasteiger partial charge on any atom is -0.493 e. The maximum Gasteiger partial charge on any atom is 0.262 e. The molecule has 0 bridgehead atoms. The third-order valence-electron chi connectivity index (χ3n) is 7.38. The lowest BCUT2D eigenvalue weighted by Crippen LogP contribution is -2.48. The van der Waals surface area contributed by atoms with Crippen LogP contribution in [0.1, 0.15) is 57.9 Å². The minimum atomic E-state index is -0.111. The van der Waals surface area contributed by atoms with E-state index >= 15 is 0 Å². The molecule has 1 N–H and O–H groups in total. The van der Waals surface area contributed by atoms with Crippen molar-refractivity contribution in [1.82, 2.24) is 4.90 Å². The van der Waals surface area contributed by atoms with E-state index < -0.39 is 0 Å². The van der Waals surface area contributed by atoms with Gasteiger partial charge in [-0.1, -0.05) is 93.4 Å². The number of unbranched alkanes of at least 4 members (excludes halogenated alkanes) is 1. The van der Waals surface area contributed by atoms with Crippen LogP contribution in [0.5, 0.6) is 5.75 Å². The average molecular weight is 501 g/mol. The molecule has 1 saturated carbocycles. The summed E-state index contributed by atoms with van der Waals surface area (Å²) in [5.74, 6) is 1.55. The lowest BCUT2D eigenvalue weighted by Gasteiger charge is -2.39. The van der Waals surface area contributed by atoms with Crippen LogP contribution in [0.15, 0.2) is 71.6 Å². The van der Waals surface area contributed by atoms with Gasteiger partial charge in [-0.15, -0.1) is 0 Å². The zero-order chi connectivity index (χ0) is 24.9. The van der Waals surface area contributed by atoms with Gasteiger partial charge in [0.05, 0.1) is 11.5 Å². The first-order chi connectivity index (χ1) is 17.7. The number of carbonyl (C=O) groups is 1. The lowest BCUT2D eigenvalue weighted by molar-refractivity contribution is -0.129. The number of hydrogen-bond acceptors (Lipinski definition) is 4. The highest BCUT2D eigenvalue weighted by Crippen LogP contribution is 2.43. The summed E-state index contributed by atoms with van der Waals surface area (Å²) < 4.78 is 6.09. The molecule has 188 valence electrons. The van der Waals surface area contributed by atoms with Crippen LogP contribution in [0.25, 0.3) is 16.8 Å². The number of thioether (sulfide) groups is 1. The summed E-state index contributed by atoms with van der Waals surface area (Å²) in [5.41, 5.74) is 1.98. The monoisotopic (exact) mass is 500 g/mol. The Labute approximate surface area is 219 Å². The molecule has 0 spiro atoms. The van der Waals surface area contributed by atoms with Crippen LogP contribution in [0.4, 0.5) is 5.69 Å². The van der Waals surface area contributed by atoms with Crippen LogP contribution in [0, 0.1) is 5.92 Å².